The number of carbonyl (C=O) groups excluding carboxylic acids is 1. The topological polar surface area (TPSA) is 29.5 Å². The smallest absolute Gasteiger partial charge is 0.226 e. The number of nitrogens with zero attached hydrogens (tertiary/aromatic N) is 1. The van der Waals surface area contributed by atoms with Crippen LogP contribution < -0.4 is 0 Å². The number of ether oxygens (including phenoxy) is 1. The summed E-state index contributed by atoms with van der Waals surface area (Å²) in [5, 5.41) is 0. The van der Waals surface area contributed by atoms with Crippen molar-refractivity contribution in [2.24, 2.45) is 11.8 Å². The molecular formula is C13H21NO2S. The lowest BCUT2D eigenvalue weighted by Gasteiger charge is -2.47. The molecule has 2 heterocycles. The van der Waals surface area contributed by atoms with E-state index in [1.54, 1.807) is 0 Å². The highest BCUT2D eigenvalue weighted by Crippen LogP contribution is 2.48. The van der Waals surface area contributed by atoms with Crippen molar-refractivity contribution in [1.82, 2.24) is 4.90 Å². The Kier molecular flexibility index (Phi) is 2.90. The number of hydrogen-bond acceptors (Lipinski definition) is 3. The molecule has 96 valence electrons. The molecule has 0 aromatic carbocycles. The molecule has 3 fully saturated rings. The SMILES string of the molecule is CCO[C@@H]1CSC2(C1)CN(C(=O)[C@@H]1C[C@H]1C)C2. The molecule has 1 saturated carbocycles. The average Bonchev–Trinajstić information content (AvgIpc) is 2.82. The Labute approximate surface area is 107 Å². The van der Waals surface area contributed by atoms with Crippen molar-refractivity contribution in [3.8, 4) is 0 Å². The number of likely N-dealkylation sites (tertiary alicyclic amines) is 1. The predicted molar refractivity (Wildman–Crippen MR) is 69.1 cm³/mol. The van der Waals surface area contributed by atoms with E-state index in [1.165, 1.54) is 0 Å². The highest BCUT2D eigenvalue weighted by Gasteiger charge is 2.53. The van der Waals surface area contributed by atoms with Gasteiger partial charge in [0.25, 0.3) is 0 Å². The van der Waals surface area contributed by atoms with Gasteiger partial charge in [0.2, 0.25) is 5.91 Å². The Hall–Kier alpha value is -0.220. The van der Waals surface area contributed by atoms with E-state index in [0.29, 0.717) is 28.6 Å². The molecule has 3 nitrogen and oxygen atoms in total. The summed E-state index contributed by atoms with van der Waals surface area (Å²) >= 11 is 2.01. The Morgan fingerprint density at radius 2 is 2.24 bits per heavy atom. The third kappa shape index (κ3) is 2.10. The highest BCUT2D eigenvalue weighted by molar-refractivity contribution is 8.01. The van der Waals surface area contributed by atoms with Gasteiger partial charge in [-0.1, -0.05) is 6.92 Å². The second-order valence-electron chi connectivity index (χ2n) is 5.79. The van der Waals surface area contributed by atoms with Crippen LogP contribution in [0.3, 0.4) is 0 Å². The van der Waals surface area contributed by atoms with Gasteiger partial charge in [-0.05, 0) is 25.7 Å². The fourth-order valence-electron chi connectivity index (χ4n) is 3.07. The minimum absolute atomic E-state index is 0.341. The first-order chi connectivity index (χ1) is 8.13. The fourth-order valence-corrected chi connectivity index (χ4v) is 4.62. The second-order valence-corrected chi connectivity index (χ2v) is 7.28. The second kappa shape index (κ2) is 4.16. The molecule has 3 rings (SSSR count). The average molecular weight is 255 g/mol. The van der Waals surface area contributed by atoms with Crippen LogP contribution in [0.1, 0.15) is 26.7 Å². The molecule has 3 atom stereocenters. The fraction of sp³-hybridized carbons (Fsp3) is 0.923. The van der Waals surface area contributed by atoms with E-state index in [0.717, 1.165) is 38.3 Å². The van der Waals surface area contributed by atoms with Crippen LogP contribution in [0.25, 0.3) is 0 Å². The lowest BCUT2D eigenvalue weighted by molar-refractivity contribution is -0.138. The minimum atomic E-state index is 0.341. The van der Waals surface area contributed by atoms with Gasteiger partial charge < -0.3 is 9.64 Å². The zero-order chi connectivity index (χ0) is 12.0. The monoisotopic (exact) mass is 255 g/mol. The molecule has 1 amide bonds. The predicted octanol–water partition coefficient (Wildman–Crippen LogP) is 1.77. The highest BCUT2D eigenvalue weighted by atomic mass is 32.2. The summed E-state index contributed by atoms with van der Waals surface area (Å²) in [6.07, 6.45) is 2.66. The summed E-state index contributed by atoms with van der Waals surface area (Å²) in [7, 11) is 0. The zero-order valence-corrected chi connectivity index (χ0v) is 11.5. The number of carbonyl (C=O) groups is 1. The molecule has 4 heteroatoms. The molecule has 1 spiro atoms. The van der Waals surface area contributed by atoms with Crippen molar-refractivity contribution in [3.63, 3.8) is 0 Å². The Morgan fingerprint density at radius 1 is 1.53 bits per heavy atom. The minimum Gasteiger partial charge on any atom is -0.378 e. The number of thioether (sulfide) groups is 1. The third-order valence-electron chi connectivity index (χ3n) is 4.27. The summed E-state index contributed by atoms with van der Waals surface area (Å²) in [6.45, 7) is 6.96. The van der Waals surface area contributed by atoms with Crippen LogP contribution >= 0.6 is 11.8 Å². The molecule has 2 saturated heterocycles. The molecule has 3 aliphatic rings. The van der Waals surface area contributed by atoms with Crippen molar-refractivity contribution >= 4 is 17.7 Å². The lowest BCUT2D eigenvalue weighted by Crippen LogP contribution is -2.61. The Morgan fingerprint density at radius 3 is 2.82 bits per heavy atom. The van der Waals surface area contributed by atoms with E-state index in [-0.39, 0.29) is 0 Å². The number of rotatable bonds is 3. The van der Waals surface area contributed by atoms with Gasteiger partial charge in [0.1, 0.15) is 0 Å². The van der Waals surface area contributed by atoms with Crippen molar-refractivity contribution in [1.29, 1.82) is 0 Å². The van der Waals surface area contributed by atoms with E-state index >= 15 is 0 Å². The summed E-state index contributed by atoms with van der Waals surface area (Å²) in [6, 6.07) is 0. The van der Waals surface area contributed by atoms with E-state index in [4.69, 9.17) is 4.74 Å². The molecule has 1 aliphatic carbocycles. The quantitative estimate of drug-likeness (QED) is 0.769. The molecule has 0 aromatic heterocycles. The maximum absolute atomic E-state index is 12.0. The van der Waals surface area contributed by atoms with E-state index < -0.39 is 0 Å². The van der Waals surface area contributed by atoms with Crippen molar-refractivity contribution in [2.75, 3.05) is 25.4 Å². The maximum Gasteiger partial charge on any atom is 0.226 e. The van der Waals surface area contributed by atoms with Crippen LogP contribution in [0.4, 0.5) is 0 Å². The number of amides is 1. The van der Waals surface area contributed by atoms with Gasteiger partial charge in [-0.3, -0.25) is 4.79 Å². The van der Waals surface area contributed by atoms with E-state index in [9.17, 15) is 4.79 Å². The lowest BCUT2D eigenvalue weighted by atomic mass is 9.92. The van der Waals surface area contributed by atoms with Gasteiger partial charge in [-0.25, -0.2) is 0 Å². The zero-order valence-electron chi connectivity index (χ0n) is 10.6. The summed E-state index contributed by atoms with van der Waals surface area (Å²) < 4.78 is 6.02. The van der Waals surface area contributed by atoms with Gasteiger partial charge >= 0.3 is 0 Å². The molecule has 0 unspecified atom stereocenters. The van der Waals surface area contributed by atoms with Crippen LogP contribution in [0.2, 0.25) is 0 Å². The molecule has 0 N–H and O–H groups in total. The van der Waals surface area contributed by atoms with E-state index in [2.05, 4.69) is 18.7 Å². The van der Waals surface area contributed by atoms with Gasteiger partial charge in [-0.2, -0.15) is 0 Å². The Bertz CT molecular complexity index is 327. The summed E-state index contributed by atoms with van der Waals surface area (Å²) in [4.78, 5) is 14.1. The molecule has 0 radical (unpaired) electrons. The van der Waals surface area contributed by atoms with Crippen LogP contribution in [-0.4, -0.2) is 47.1 Å². The molecule has 0 bridgehead atoms. The molecule has 17 heavy (non-hydrogen) atoms. The standard InChI is InChI=1S/C13H21NO2S/c1-3-16-10-5-13(17-6-10)7-14(8-13)12(15)11-4-9(11)2/h9-11H,3-8H2,1-2H3/t9-,10+,11-/m1/s1. The van der Waals surface area contributed by atoms with Gasteiger partial charge in [0.15, 0.2) is 0 Å². The third-order valence-corrected chi connectivity index (χ3v) is 5.85. The summed E-state index contributed by atoms with van der Waals surface area (Å²) in [5.41, 5.74) is 0. The molecule has 0 aromatic rings. The first-order valence-electron chi connectivity index (χ1n) is 6.68. The van der Waals surface area contributed by atoms with Gasteiger partial charge in [-0.15, -0.1) is 11.8 Å². The first kappa shape index (κ1) is 11.8. The first-order valence-corrected chi connectivity index (χ1v) is 7.66. The van der Waals surface area contributed by atoms with Crippen LogP contribution in [-0.2, 0) is 9.53 Å². The van der Waals surface area contributed by atoms with Crippen LogP contribution in [0.5, 0.6) is 0 Å². The van der Waals surface area contributed by atoms with Gasteiger partial charge in [0, 0.05) is 31.4 Å². The maximum atomic E-state index is 12.0. The largest absolute Gasteiger partial charge is 0.378 e. The summed E-state index contributed by atoms with van der Waals surface area (Å²) in [5.74, 6) is 2.49. The van der Waals surface area contributed by atoms with Gasteiger partial charge in [0.05, 0.1) is 10.9 Å². The molecular weight excluding hydrogens is 234 g/mol. The number of hydrogen-bond donors (Lipinski definition) is 0. The van der Waals surface area contributed by atoms with Crippen LogP contribution in [0, 0.1) is 11.8 Å². The Balaban J connectivity index is 1.49. The van der Waals surface area contributed by atoms with Crippen LogP contribution in [0.15, 0.2) is 0 Å². The van der Waals surface area contributed by atoms with Crippen molar-refractivity contribution in [3.05, 3.63) is 0 Å². The molecule has 2 aliphatic heterocycles. The van der Waals surface area contributed by atoms with Crippen molar-refractivity contribution in [2.45, 2.75) is 37.5 Å². The normalized spacial score (nSPS) is 38.2. The van der Waals surface area contributed by atoms with E-state index in [1.807, 2.05) is 11.8 Å². The van der Waals surface area contributed by atoms with Crippen molar-refractivity contribution < 1.29 is 9.53 Å².